The van der Waals surface area contributed by atoms with Gasteiger partial charge >= 0.3 is 0 Å². The Morgan fingerprint density at radius 2 is 2.00 bits per heavy atom. The van der Waals surface area contributed by atoms with Gasteiger partial charge in [0.15, 0.2) is 0 Å². The molecule has 1 saturated carbocycles. The third-order valence-electron chi connectivity index (χ3n) is 6.27. The summed E-state index contributed by atoms with van der Waals surface area (Å²) in [6.45, 7) is 6.82. The van der Waals surface area contributed by atoms with Crippen molar-refractivity contribution in [1.82, 2.24) is 10.2 Å². The second kappa shape index (κ2) is 8.01. The summed E-state index contributed by atoms with van der Waals surface area (Å²) in [5.74, 6) is 2.46. The van der Waals surface area contributed by atoms with E-state index in [1.54, 1.807) is 0 Å². The van der Waals surface area contributed by atoms with Crippen molar-refractivity contribution in [2.45, 2.75) is 77.3 Å². The SMILES string of the molecule is CC(CC(=O)N1C(C)CC2CCCCC21)C1CCCNC1.Cl. The van der Waals surface area contributed by atoms with E-state index in [0.29, 0.717) is 29.8 Å². The van der Waals surface area contributed by atoms with Crippen LogP contribution in [-0.4, -0.2) is 36.0 Å². The molecule has 0 aromatic carbocycles. The molecule has 5 unspecified atom stereocenters. The summed E-state index contributed by atoms with van der Waals surface area (Å²) >= 11 is 0. The minimum Gasteiger partial charge on any atom is -0.337 e. The van der Waals surface area contributed by atoms with Crippen molar-refractivity contribution in [1.29, 1.82) is 0 Å². The maximum atomic E-state index is 12.9. The van der Waals surface area contributed by atoms with E-state index < -0.39 is 0 Å². The maximum absolute atomic E-state index is 12.9. The predicted molar refractivity (Wildman–Crippen MR) is 93.3 cm³/mol. The van der Waals surface area contributed by atoms with Gasteiger partial charge in [0.25, 0.3) is 0 Å². The van der Waals surface area contributed by atoms with Crippen molar-refractivity contribution in [3.63, 3.8) is 0 Å². The quantitative estimate of drug-likeness (QED) is 0.858. The molecule has 2 saturated heterocycles. The minimum atomic E-state index is 0. The number of rotatable bonds is 3. The number of piperidine rings is 1. The van der Waals surface area contributed by atoms with E-state index in [9.17, 15) is 4.79 Å². The van der Waals surface area contributed by atoms with E-state index in [2.05, 4.69) is 24.1 Å². The Bertz CT molecular complexity index is 370. The molecule has 4 heteroatoms. The fraction of sp³-hybridized carbons (Fsp3) is 0.944. The van der Waals surface area contributed by atoms with Crippen LogP contribution >= 0.6 is 12.4 Å². The van der Waals surface area contributed by atoms with Gasteiger partial charge in [-0.05, 0) is 69.9 Å². The normalized spacial score (nSPS) is 36.4. The predicted octanol–water partition coefficient (Wildman–Crippen LogP) is 3.61. The number of carbonyl (C=O) groups excluding carboxylic acids is 1. The molecule has 0 radical (unpaired) electrons. The molecule has 22 heavy (non-hydrogen) atoms. The van der Waals surface area contributed by atoms with E-state index in [1.807, 2.05) is 0 Å². The molecular weight excluding hydrogens is 296 g/mol. The number of nitrogens with zero attached hydrogens (tertiary/aromatic N) is 1. The highest BCUT2D eigenvalue weighted by atomic mass is 35.5. The highest BCUT2D eigenvalue weighted by Gasteiger charge is 2.42. The Labute approximate surface area is 142 Å². The van der Waals surface area contributed by atoms with Crippen molar-refractivity contribution in [2.24, 2.45) is 17.8 Å². The van der Waals surface area contributed by atoms with E-state index in [1.165, 1.54) is 44.9 Å². The molecule has 128 valence electrons. The van der Waals surface area contributed by atoms with Gasteiger partial charge in [-0.2, -0.15) is 0 Å². The Morgan fingerprint density at radius 1 is 1.23 bits per heavy atom. The van der Waals surface area contributed by atoms with Gasteiger partial charge in [0.1, 0.15) is 0 Å². The molecule has 1 amide bonds. The largest absolute Gasteiger partial charge is 0.337 e. The van der Waals surface area contributed by atoms with Gasteiger partial charge in [0.05, 0.1) is 0 Å². The summed E-state index contributed by atoms with van der Waals surface area (Å²) in [7, 11) is 0. The maximum Gasteiger partial charge on any atom is 0.223 e. The number of hydrogen-bond donors (Lipinski definition) is 1. The van der Waals surface area contributed by atoms with E-state index >= 15 is 0 Å². The van der Waals surface area contributed by atoms with Crippen LogP contribution < -0.4 is 5.32 Å². The third-order valence-corrected chi connectivity index (χ3v) is 6.27. The van der Waals surface area contributed by atoms with Gasteiger partial charge in [-0.15, -0.1) is 12.4 Å². The average Bonchev–Trinajstić information content (AvgIpc) is 2.83. The summed E-state index contributed by atoms with van der Waals surface area (Å²) in [5, 5.41) is 3.49. The number of halogens is 1. The highest BCUT2D eigenvalue weighted by Crippen LogP contribution is 2.40. The fourth-order valence-corrected chi connectivity index (χ4v) is 5.05. The first kappa shape index (κ1) is 18.1. The lowest BCUT2D eigenvalue weighted by Crippen LogP contribution is -2.44. The smallest absolute Gasteiger partial charge is 0.223 e. The molecule has 3 aliphatic rings. The summed E-state index contributed by atoms with van der Waals surface area (Å²) in [6.07, 6.45) is 9.87. The Hall–Kier alpha value is -0.280. The molecule has 3 nitrogen and oxygen atoms in total. The molecule has 3 rings (SSSR count). The van der Waals surface area contributed by atoms with Crippen molar-refractivity contribution < 1.29 is 4.79 Å². The number of likely N-dealkylation sites (tertiary alicyclic amines) is 1. The van der Waals surface area contributed by atoms with Gasteiger partial charge in [0, 0.05) is 18.5 Å². The summed E-state index contributed by atoms with van der Waals surface area (Å²) in [4.78, 5) is 15.2. The van der Waals surface area contributed by atoms with Crippen LogP contribution in [0, 0.1) is 17.8 Å². The van der Waals surface area contributed by atoms with Crippen LogP contribution in [0.3, 0.4) is 0 Å². The van der Waals surface area contributed by atoms with Crippen LogP contribution in [0.1, 0.15) is 65.2 Å². The molecule has 2 heterocycles. The zero-order chi connectivity index (χ0) is 14.8. The summed E-state index contributed by atoms with van der Waals surface area (Å²) in [6, 6.07) is 1.04. The first-order valence-electron chi connectivity index (χ1n) is 9.18. The van der Waals surface area contributed by atoms with Crippen LogP contribution in [0.4, 0.5) is 0 Å². The second-order valence-corrected chi connectivity index (χ2v) is 7.79. The summed E-state index contributed by atoms with van der Waals surface area (Å²) in [5.41, 5.74) is 0. The molecule has 0 spiro atoms. The molecular formula is C18H33ClN2O. The first-order chi connectivity index (χ1) is 10.2. The van der Waals surface area contributed by atoms with E-state index in [-0.39, 0.29) is 12.4 Å². The fourth-order valence-electron chi connectivity index (χ4n) is 5.05. The second-order valence-electron chi connectivity index (χ2n) is 7.79. The van der Waals surface area contributed by atoms with Gasteiger partial charge in [-0.3, -0.25) is 4.79 Å². The van der Waals surface area contributed by atoms with Gasteiger partial charge in [-0.1, -0.05) is 19.8 Å². The molecule has 1 aliphatic carbocycles. The third kappa shape index (κ3) is 3.79. The van der Waals surface area contributed by atoms with Crippen LogP contribution in [0.5, 0.6) is 0 Å². The van der Waals surface area contributed by atoms with E-state index in [4.69, 9.17) is 0 Å². The first-order valence-corrected chi connectivity index (χ1v) is 9.18. The number of hydrogen-bond acceptors (Lipinski definition) is 2. The Kier molecular flexibility index (Phi) is 6.58. The summed E-state index contributed by atoms with van der Waals surface area (Å²) < 4.78 is 0. The number of amides is 1. The van der Waals surface area contributed by atoms with Gasteiger partial charge < -0.3 is 10.2 Å². The van der Waals surface area contributed by atoms with Crippen LogP contribution in [0.2, 0.25) is 0 Å². The van der Waals surface area contributed by atoms with Crippen molar-refractivity contribution in [3.05, 3.63) is 0 Å². The van der Waals surface area contributed by atoms with Crippen molar-refractivity contribution in [3.8, 4) is 0 Å². The lowest BCUT2D eigenvalue weighted by molar-refractivity contribution is -0.135. The van der Waals surface area contributed by atoms with Crippen molar-refractivity contribution in [2.75, 3.05) is 13.1 Å². The molecule has 0 aromatic rings. The van der Waals surface area contributed by atoms with Crippen LogP contribution in [0.15, 0.2) is 0 Å². The molecule has 2 aliphatic heterocycles. The average molecular weight is 329 g/mol. The standard InChI is InChI=1S/C18H32N2O.ClH/c1-13(16-7-5-9-19-12-16)10-18(21)20-14(2)11-15-6-3-4-8-17(15)20;/h13-17,19H,3-12H2,1-2H3;1H. The lowest BCUT2D eigenvalue weighted by atomic mass is 9.84. The van der Waals surface area contributed by atoms with Gasteiger partial charge in [-0.25, -0.2) is 0 Å². The molecule has 3 fully saturated rings. The molecule has 5 atom stereocenters. The van der Waals surface area contributed by atoms with E-state index in [0.717, 1.165) is 25.4 Å². The molecule has 1 N–H and O–H groups in total. The lowest BCUT2D eigenvalue weighted by Gasteiger charge is -2.35. The van der Waals surface area contributed by atoms with Crippen molar-refractivity contribution >= 4 is 18.3 Å². The van der Waals surface area contributed by atoms with Gasteiger partial charge in [0.2, 0.25) is 5.91 Å². The number of nitrogens with one attached hydrogen (secondary N) is 1. The highest BCUT2D eigenvalue weighted by molar-refractivity contribution is 5.85. The monoisotopic (exact) mass is 328 g/mol. The zero-order valence-corrected chi connectivity index (χ0v) is 15.0. The topological polar surface area (TPSA) is 32.3 Å². The number of fused-ring (bicyclic) bond motifs is 1. The zero-order valence-electron chi connectivity index (χ0n) is 14.2. The number of carbonyl (C=O) groups is 1. The molecule has 0 bridgehead atoms. The van der Waals surface area contributed by atoms with Crippen LogP contribution in [0.25, 0.3) is 0 Å². The Morgan fingerprint density at radius 3 is 2.73 bits per heavy atom. The molecule has 0 aromatic heterocycles. The van der Waals surface area contributed by atoms with Crippen LogP contribution in [-0.2, 0) is 4.79 Å². The Balaban J connectivity index is 0.00000176. The minimum absolute atomic E-state index is 0.